The highest BCUT2D eigenvalue weighted by Crippen LogP contribution is 2.25. The quantitative estimate of drug-likeness (QED) is 0.764. The number of hydrogen-bond donors (Lipinski definition) is 1. The van der Waals surface area contributed by atoms with Gasteiger partial charge in [0.2, 0.25) is 11.8 Å². The van der Waals surface area contributed by atoms with E-state index in [-0.39, 0.29) is 24.5 Å². The van der Waals surface area contributed by atoms with Gasteiger partial charge < -0.3 is 15.0 Å². The maximum Gasteiger partial charge on any atom is 0.246 e. The Balaban J connectivity index is 1.48. The van der Waals surface area contributed by atoms with Crippen molar-refractivity contribution in [1.82, 2.24) is 10.2 Å². The minimum Gasteiger partial charge on any atom is -0.359 e. The van der Waals surface area contributed by atoms with E-state index in [4.69, 9.17) is 4.74 Å². The summed E-state index contributed by atoms with van der Waals surface area (Å²) in [5.74, 6) is -0.0873. The van der Waals surface area contributed by atoms with Gasteiger partial charge in [-0.1, -0.05) is 60.7 Å². The van der Waals surface area contributed by atoms with Gasteiger partial charge in [0, 0.05) is 26.1 Å². The summed E-state index contributed by atoms with van der Waals surface area (Å²) in [5, 5.41) is 2.80. The molecule has 148 valence electrons. The van der Waals surface area contributed by atoms with Gasteiger partial charge in [-0.25, -0.2) is 0 Å². The van der Waals surface area contributed by atoms with E-state index in [9.17, 15) is 9.59 Å². The number of nitrogens with zero attached hydrogens (tertiary/aromatic N) is 1. The summed E-state index contributed by atoms with van der Waals surface area (Å²) in [6, 6.07) is 19.7. The third kappa shape index (κ3) is 5.92. The summed E-state index contributed by atoms with van der Waals surface area (Å²) < 4.78 is 5.94. The van der Waals surface area contributed by atoms with Crippen LogP contribution in [0.2, 0.25) is 0 Å². The van der Waals surface area contributed by atoms with E-state index >= 15 is 0 Å². The smallest absolute Gasteiger partial charge is 0.246 e. The molecular weight excluding hydrogens is 352 g/mol. The first-order valence-electron chi connectivity index (χ1n) is 10.00. The lowest BCUT2D eigenvalue weighted by Gasteiger charge is -2.26. The van der Waals surface area contributed by atoms with Gasteiger partial charge in [0.05, 0.1) is 0 Å². The van der Waals surface area contributed by atoms with Gasteiger partial charge in [0.1, 0.15) is 12.7 Å². The van der Waals surface area contributed by atoms with Gasteiger partial charge >= 0.3 is 0 Å². The third-order valence-electron chi connectivity index (χ3n) is 4.96. The molecule has 1 saturated heterocycles. The number of piperidine rings is 1. The zero-order valence-electron chi connectivity index (χ0n) is 16.2. The number of carbonyl (C=O) groups is 2. The number of amides is 2. The van der Waals surface area contributed by atoms with Crippen molar-refractivity contribution < 1.29 is 14.3 Å². The van der Waals surface area contributed by atoms with Crippen LogP contribution in [0.3, 0.4) is 0 Å². The Kier molecular flexibility index (Phi) is 7.62. The third-order valence-corrected chi connectivity index (χ3v) is 4.96. The van der Waals surface area contributed by atoms with Crippen LogP contribution in [-0.4, -0.2) is 43.0 Å². The molecule has 2 amide bonds. The van der Waals surface area contributed by atoms with Crippen molar-refractivity contribution in [3.8, 4) is 0 Å². The van der Waals surface area contributed by atoms with Gasteiger partial charge in [-0.2, -0.15) is 0 Å². The van der Waals surface area contributed by atoms with Crippen LogP contribution in [0.4, 0.5) is 0 Å². The zero-order valence-corrected chi connectivity index (χ0v) is 16.2. The molecular formula is C23H28N2O3. The monoisotopic (exact) mass is 380 g/mol. The highest BCUT2D eigenvalue weighted by Gasteiger charge is 2.18. The number of likely N-dealkylation sites (tertiary alicyclic amines) is 1. The molecule has 0 unspecified atom stereocenters. The van der Waals surface area contributed by atoms with Crippen molar-refractivity contribution in [2.75, 3.05) is 26.2 Å². The van der Waals surface area contributed by atoms with Crippen molar-refractivity contribution in [3.63, 3.8) is 0 Å². The van der Waals surface area contributed by atoms with Crippen LogP contribution in [-0.2, 0) is 14.3 Å². The highest BCUT2D eigenvalue weighted by molar-refractivity contribution is 5.79. The van der Waals surface area contributed by atoms with E-state index in [0.717, 1.165) is 37.1 Å². The second-order valence-electron chi connectivity index (χ2n) is 7.05. The fraction of sp³-hybridized carbons (Fsp3) is 0.391. The largest absolute Gasteiger partial charge is 0.359 e. The lowest BCUT2D eigenvalue weighted by molar-refractivity contribution is -0.132. The molecule has 0 aromatic heterocycles. The van der Waals surface area contributed by atoms with Crippen molar-refractivity contribution >= 4 is 11.8 Å². The molecule has 0 saturated carbocycles. The fourth-order valence-electron chi connectivity index (χ4n) is 3.46. The second kappa shape index (κ2) is 10.6. The summed E-state index contributed by atoms with van der Waals surface area (Å²) in [5.41, 5.74) is 2.00. The average molecular weight is 380 g/mol. The number of carbonyl (C=O) groups excluding carboxylic acids is 2. The topological polar surface area (TPSA) is 58.6 Å². The molecule has 1 fully saturated rings. The van der Waals surface area contributed by atoms with E-state index in [0.29, 0.717) is 13.0 Å². The van der Waals surface area contributed by atoms with Crippen LogP contribution in [0, 0.1) is 0 Å². The number of hydrogen-bond acceptors (Lipinski definition) is 3. The molecule has 3 rings (SSSR count). The SMILES string of the molecule is O=C(COC(c1ccccc1)c1ccccc1)NCCC(=O)N1CCCCC1. The highest BCUT2D eigenvalue weighted by atomic mass is 16.5. The maximum atomic E-state index is 12.2. The first kappa shape index (κ1) is 20.1. The van der Waals surface area contributed by atoms with Crippen LogP contribution in [0.25, 0.3) is 0 Å². The Morgan fingerprint density at radius 3 is 2.04 bits per heavy atom. The summed E-state index contributed by atoms with van der Waals surface area (Å²) in [7, 11) is 0. The minimum absolute atomic E-state index is 0.0492. The number of benzene rings is 2. The Morgan fingerprint density at radius 1 is 0.893 bits per heavy atom. The van der Waals surface area contributed by atoms with E-state index in [1.54, 1.807) is 0 Å². The molecule has 1 aliphatic heterocycles. The molecule has 0 spiro atoms. The van der Waals surface area contributed by atoms with E-state index in [2.05, 4.69) is 5.32 Å². The number of nitrogens with one attached hydrogen (secondary N) is 1. The molecule has 0 atom stereocenters. The molecule has 2 aromatic rings. The molecule has 2 aromatic carbocycles. The van der Waals surface area contributed by atoms with Gasteiger partial charge in [0.15, 0.2) is 0 Å². The van der Waals surface area contributed by atoms with Crippen molar-refractivity contribution in [3.05, 3.63) is 71.8 Å². The molecule has 28 heavy (non-hydrogen) atoms. The lowest BCUT2D eigenvalue weighted by Crippen LogP contribution is -2.38. The minimum atomic E-state index is -0.303. The normalized spacial score (nSPS) is 14.1. The molecule has 5 nitrogen and oxygen atoms in total. The molecule has 0 radical (unpaired) electrons. The molecule has 1 heterocycles. The second-order valence-corrected chi connectivity index (χ2v) is 7.05. The van der Waals surface area contributed by atoms with Crippen molar-refractivity contribution in [1.29, 1.82) is 0 Å². The lowest BCUT2D eigenvalue weighted by atomic mass is 10.0. The van der Waals surface area contributed by atoms with E-state index in [1.807, 2.05) is 65.6 Å². The van der Waals surface area contributed by atoms with Crippen molar-refractivity contribution in [2.24, 2.45) is 0 Å². The Hall–Kier alpha value is -2.66. The molecule has 5 heteroatoms. The zero-order chi connectivity index (χ0) is 19.6. The Bertz CT molecular complexity index is 703. The number of ether oxygens (including phenoxy) is 1. The van der Waals surface area contributed by atoms with E-state index in [1.165, 1.54) is 6.42 Å². The fourth-order valence-corrected chi connectivity index (χ4v) is 3.46. The molecule has 1 N–H and O–H groups in total. The van der Waals surface area contributed by atoms with Gasteiger partial charge in [-0.3, -0.25) is 9.59 Å². The van der Waals surface area contributed by atoms with Crippen LogP contribution >= 0.6 is 0 Å². The molecule has 0 bridgehead atoms. The standard InChI is InChI=1S/C23H28N2O3/c26-21(24-15-14-22(27)25-16-8-3-9-17-25)18-28-23(19-10-4-1-5-11-19)20-12-6-2-7-13-20/h1-2,4-7,10-13,23H,3,8-9,14-18H2,(H,24,26). The van der Waals surface area contributed by atoms with Crippen LogP contribution in [0.1, 0.15) is 42.9 Å². The van der Waals surface area contributed by atoms with E-state index < -0.39 is 0 Å². The first-order valence-corrected chi connectivity index (χ1v) is 10.00. The molecule has 1 aliphatic rings. The first-order chi connectivity index (χ1) is 13.7. The van der Waals surface area contributed by atoms with Gasteiger partial charge in [0.25, 0.3) is 0 Å². The Labute approximate surface area is 166 Å². The maximum absolute atomic E-state index is 12.2. The van der Waals surface area contributed by atoms with Gasteiger partial charge in [-0.05, 0) is 30.4 Å². The number of rotatable bonds is 8. The molecule has 0 aliphatic carbocycles. The summed E-state index contributed by atoms with van der Waals surface area (Å²) >= 11 is 0. The van der Waals surface area contributed by atoms with Crippen LogP contribution in [0.15, 0.2) is 60.7 Å². The predicted octanol–water partition coefficient (Wildman–Crippen LogP) is 3.31. The predicted molar refractivity (Wildman–Crippen MR) is 109 cm³/mol. The summed E-state index contributed by atoms with van der Waals surface area (Å²) in [6.45, 7) is 1.97. The van der Waals surface area contributed by atoms with Crippen LogP contribution < -0.4 is 5.32 Å². The Morgan fingerprint density at radius 2 is 1.46 bits per heavy atom. The van der Waals surface area contributed by atoms with Gasteiger partial charge in [-0.15, -0.1) is 0 Å². The van der Waals surface area contributed by atoms with Crippen LogP contribution in [0.5, 0.6) is 0 Å². The summed E-state index contributed by atoms with van der Waals surface area (Å²) in [6.07, 6.45) is 3.38. The van der Waals surface area contributed by atoms with Crippen molar-refractivity contribution in [2.45, 2.75) is 31.8 Å². The summed E-state index contributed by atoms with van der Waals surface area (Å²) in [4.78, 5) is 26.3. The average Bonchev–Trinajstić information content (AvgIpc) is 2.76.